The Morgan fingerprint density at radius 3 is 2.46 bits per heavy atom. The monoisotopic (exact) mass is 380 g/mol. The number of nitrogens with zero attached hydrogens (tertiary/aromatic N) is 1. The number of rotatable bonds is 7. The van der Waals surface area contributed by atoms with Crippen molar-refractivity contribution in [2.75, 3.05) is 12.4 Å². The fraction of sp³-hybridized carbons (Fsp3) is 0.286. The van der Waals surface area contributed by atoms with Gasteiger partial charge in [-0.1, -0.05) is 26.0 Å². The summed E-state index contributed by atoms with van der Waals surface area (Å²) in [6.07, 6.45) is 0.508. The smallest absolute Gasteiger partial charge is 0.251 e. The Hall–Kier alpha value is -3.35. The molecule has 2 amide bonds. The highest BCUT2D eigenvalue weighted by atomic mass is 16.5. The fourth-order valence-electron chi connectivity index (χ4n) is 2.90. The van der Waals surface area contributed by atoms with E-state index in [0.29, 0.717) is 23.7 Å². The van der Waals surface area contributed by atoms with Crippen molar-refractivity contribution in [1.82, 2.24) is 15.3 Å². The molecule has 0 spiro atoms. The number of imidazole rings is 1. The molecule has 146 valence electrons. The van der Waals surface area contributed by atoms with Crippen molar-refractivity contribution >= 4 is 28.8 Å². The van der Waals surface area contributed by atoms with E-state index in [-0.39, 0.29) is 17.7 Å². The lowest BCUT2D eigenvalue weighted by Crippen LogP contribution is -2.44. The van der Waals surface area contributed by atoms with Crippen molar-refractivity contribution in [3.8, 4) is 5.75 Å². The Morgan fingerprint density at radius 1 is 1.11 bits per heavy atom. The number of methoxy groups -OCH3 is 1. The number of fused-ring (bicyclic) bond motifs is 1. The van der Waals surface area contributed by atoms with E-state index in [9.17, 15) is 9.59 Å². The lowest BCUT2D eigenvalue weighted by Gasteiger charge is -2.19. The maximum atomic E-state index is 12.8. The minimum absolute atomic E-state index is 0.225. The van der Waals surface area contributed by atoms with Crippen LogP contribution in [0.1, 0.15) is 30.6 Å². The van der Waals surface area contributed by atoms with Gasteiger partial charge in [0.25, 0.3) is 5.91 Å². The number of carbonyl (C=O) groups is 2. The Labute approximate surface area is 163 Å². The predicted octanol–water partition coefficient (Wildman–Crippen LogP) is 3.35. The average Bonchev–Trinajstić information content (AvgIpc) is 3.09. The molecular weight excluding hydrogens is 356 g/mol. The first kappa shape index (κ1) is 19.4. The summed E-state index contributed by atoms with van der Waals surface area (Å²) in [4.78, 5) is 32.8. The molecule has 1 heterocycles. The number of anilines is 1. The molecule has 3 N–H and O–H groups in total. The lowest BCUT2D eigenvalue weighted by atomic mass is 10.0. The highest BCUT2D eigenvalue weighted by Gasteiger charge is 2.23. The van der Waals surface area contributed by atoms with Crippen LogP contribution in [0.25, 0.3) is 11.0 Å². The summed E-state index contributed by atoms with van der Waals surface area (Å²) in [5.74, 6) is 0.627. The quantitative estimate of drug-likeness (QED) is 0.586. The second-order valence-electron chi connectivity index (χ2n) is 6.98. The van der Waals surface area contributed by atoms with E-state index < -0.39 is 6.04 Å². The van der Waals surface area contributed by atoms with Gasteiger partial charge in [0.2, 0.25) is 11.9 Å². The lowest BCUT2D eigenvalue weighted by molar-refractivity contribution is -0.118. The molecule has 7 heteroatoms. The van der Waals surface area contributed by atoms with Crippen molar-refractivity contribution in [1.29, 1.82) is 0 Å². The second kappa shape index (κ2) is 8.56. The Balaban J connectivity index is 1.72. The van der Waals surface area contributed by atoms with Gasteiger partial charge in [-0.25, -0.2) is 4.98 Å². The van der Waals surface area contributed by atoms with Gasteiger partial charge >= 0.3 is 0 Å². The van der Waals surface area contributed by atoms with Crippen LogP contribution >= 0.6 is 0 Å². The zero-order valence-corrected chi connectivity index (χ0v) is 16.2. The molecule has 0 fully saturated rings. The topological polar surface area (TPSA) is 96.1 Å². The van der Waals surface area contributed by atoms with E-state index in [1.807, 2.05) is 38.1 Å². The molecule has 1 atom stereocenters. The molecule has 0 saturated carbocycles. The molecule has 7 nitrogen and oxygen atoms in total. The zero-order chi connectivity index (χ0) is 20.1. The van der Waals surface area contributed by atoms with Crippen LogP contribution in [-0.2, 0) is 4.79 Å². The minimum atomic E-state index is -0.678. The molecule has 0 saturated heterocycles. The van der Waals surface area contributed by atoms with Gasteiger partial charge in [-0.15, -0.1) is 0 Å². The molecule has 0 aliphatic carbocycles. The maximum absolute atomic E-state index is 12.8. The first-order chi connectivity index (χ1) is 13.5. The molecule has 0 bridgehead atoms. The number of ether oxygens (including phenoxy) is 1. The standard InChI is InChI=1S/C21H24N4O3/c1-13(2)12-18(22-19(26)14-8-10-15(28-3)11-9-14)20(27)25-21-23-16-6-4-5-7-17(16)24-21/h4-11,13,18H,12H2,1-3H3,(H,22,26)(H2,23,24,25,27)/t18-/m0/s1. The van der Waals surface area contributed by atoms with Crippen molar-refractivity contribution in [3.05, 3.63) is 54.1 Å². The number of carbonyl (C=O) groups excluding carboxylic acids is 2. The van der Waals surface area contributed by atoms with Crippen molar-refractivity contribution in [2.45, 2.75) is 26.3 Å². The van der Waals surface area contributed by atoms with E-state index >= 15 is 0 Å². The molecule has 0 aliphatic rings. The van der Waals surface area contributed by atoms with Crippen LogP contribution in [0.2, 0.25) is 0 Å². The van der Waals surface area contributed by atoms with Crippen LogP contribution in [0.5, 0.6) is 5.75 Å². The molecule has 0 radical (unpaired) electrons. The molecular formula is C21H24N4O3. The van der Waals surface area contributed by atoms with Crippen molar-refractivity contribution in [3.63, 3.8) is 0 Å². The Bertz CT molecular complexity index is 930. The highest BCUT2D eigenvalue weighted by molar-refractivity contribution is 6.01. The minimum Gasteiger partial charge on any atom is -0.497 e. The van der Waals surface area contributed by atoms with Crippen LogP contribution in [0.15, 0.2) is 48.5 Å². The summed E-state index contributed by atoms with van der Waals surface area (Å²) in [6.45, 7) is 4.00. The van der Waals surface area contributed by atoms with Crippen molar-refractivity contribution in [2.24, 2.45) is 5.92 Å². The number of H-pyrrole nitrogens is 1. The Morgan fingerprint density at radius 2 is 1.82 bits per heavy atom. The summed E-state index contributed by atoms with van der Waals surface area (Å²) in [5.41, 5.74) is 2.06. The predicted molar refractivity (Wildman–Crippen MR) is 108 cm³/mol. The molecule has 3 rings (SSSR count). The Kier molecular flexibility index (Phi) is 5.93. The van der Waals surface area contributed by atoms with Gasteiger partial charge in [0.15, 0.2) is 0 Å². The highest BCUT2D eigenvalue weighted by Crippen LogP contribution is 2.15. The third kappa shape index (κ3) is 4.68. The number of amides is 2. The molecule has 0 aliphatic heterocycles. The summed E-state index contributed by atoms with van der Waals surface area (Å²) < 4.78 is 5.11. The van der Waals surface area contributed by atoms with Gasteiger partial charge < -0.3 is 15.0 Å². The van der Waals surface area contributed by atoms with E-state index in [2.05, 4.69) is 20.6 Å². The fourth-order valence-corrected chi connectivity index (χ4v) is 2.90. The second-order valence-corrected chi connectivity index (χ2v) is 6.98. The average molecular weight is 380 g/mol. The SMILES string of the molecule is COc1ccc(C(=O)N[C@@H](CC(C)C)C(=O)Nc2nc3ccccc3[nH]2)cc1. The van der Waals surface area contributed by atoms with Crippen LogP contribution in [-0.4, -0.2) is 34.9 Å². The number of aromatic amines is 1. The first-order valence-electron chi connectivity index (χ1n) is 9.17. The molecule has 2 aromatic carbocycles. The number of hydrogen-bond donors (Lipinski definition) is 3. The number of benzene rings is 2. The van der Waals surface area contributed by atoms with Gasteiger partial charge in [0.05, 0.1) is 18.1 Å². The van der Waals surface area contributed by atoms with Gasteiger partial charge in [-0.3, -0.25) is 14.9 Å². The van der Waals surface area contributed by atoms with Gasteiger partial charge in [0, 0.05) is 5.56 Å². The van der Waals surface area contributed by atoms with E-state index in [1.165, 1.54) is 0 Å². The summed E-state index contributed by atoms with van der Waals surface area (Å²) >= 11 is 0. The maximum Gasteiger partial charge on any atom is 0.251 e. The van der Waals surface area contributed by atoms with E-state index in [1.54, 1.807) is 31.4 Å². The summed E-state index contributed by atoms with van der Waals surface area (Å²) in [5, 5.41) is 5.59. The molecule has 0 unspecified atom stereocenters. The number of aromatic nitrogens is 2. The van der Waals surface area contributed by atoms with Crippen LogP contribution < -0.4 is 15.4 Å². The number of para-hydroxylation sites is 2. The van der Waals surface area contributed by atoms with Gasteiger partial charge in [-0.2, -0.15) is 0 Å². The molecule has 1 aromatic heterocycles. The molecule has 3 aromatic rings. The van der Waals surface area contributed by atoms with Crippen LogP contribution in [0.4, 0.5) is 5.95 Å². The van der Waals surface area contributed by atoms with Gasteiger partial charge in [-0.05, 0) is 48.7 Å². The third-order valence-electron chi connectivity index (χ3n) is 4.31. The number of hydrogen-bond acceptors (Lipinski definition) is 4. The van der Waals surface area contributed by atoms with E-state index in [4.69, 9.17) is 4.74 Å². The summed E-state index contributed by atoms with van der Waals surface area (Å²) in [6, 6.07) is 13.6. The zero-order valence-electron chi connectivity index (χ0n) is 16.2. The third-order valence-corrected chi connectivity index (χ3v) is 4.31. The summed E-state index contributed by atoms with van der Waals surface area (Å²) in [7, 11) is 1.57. The first-order valence-corrected chi connectivity index (χ1v) is 9.17. The van der Waals surface area contributed by atoms with Crippen LogP contribution in [0.3, 0.4) is 0 Å². The van der Waals surface area contributed by atoms with Crippen molar-refractivity contribution < 1.29 is 14.3 Å². The largest absolute Gasteiger partial charge is 0.497 e. The van der Waals surface area contributed by atoms with Gasteiger partial charge in [0.1, 0.15) is 11.8 Å². The molecule has 28 heavy (non-hydrogen) atoms. The van der Waals surface area contributed by atoms with Crippen LogP contribution in [0, 0.1) is 5.92 Å². The number of nitrogens with one attached hydrogen (secondary N) is 3. The normalized spacial score (nSPS) is 12.0. The van der Waals surface area contributed by atoms with E-state index in [0.717, 1.165) is 11.0 Å².